The number of anilines is 1. The molecule has 0 saturated heterocycles. The van der Waals surface area contributed by atoms with Crippen molar-refractivity contribution in [3.8, 4) is 17.2 Å². The summed E-state index contributed by atoms with van der Waals surface area (Å²) in [4.78, 5) is 23.9. The van der Waals surface area contributed by atoms with Crippen molar-refractivity contribution in [1.82, 2.24) is 0 Å². The van der Waals surface area contributed by atoms with E-state index in [-0.39, 0.29) is 33.5 Å². The van der Waals surface area contributed by atoms with Crippen LogP contribution in [0, 0.1) is 0 Å². The molecule has 0 aliphatic carbocycles. The number of halogens is 2. The van der Waals surface area contributed by atoms with Crippen molar-refractivity contribution in [1.29, 1.82) is 0 Å². The molecular weight excluding hydrogens is 445 g/mol. The van der Waals surface area contributed by atoms with Gasteiger partial charge in [0.25, 0.3) is 5.91 Å². The first-order chi connectivity index (χ1) is 14.8. The molecule has 9 heteroatoms. The third kappa shape index (κ3) is 5.27. The second kappa shape index (κ2) is 9.70. The van der Waals surface area contributed by atoms with Crippen LogP contribution in [0.3, 0.4) is 0 Å². The number of carboxylic acids is 1. The van der Waals surface area contributed by atoms with Gasteiger partial charge in [-0.25, -0.2) is 4.79 Å². The first kappa shape index (κ1) is 22.4. The van der Waals surface area contributed by atoms with E-state index >= 15 is 0 Å². The highest BCUT2D eigenvalue weighted by Gasteiger charge is 2.19. The molecule has 0 unspecified atom stereocenters. The molecule has 0 atom stereocenters. The summed E-state index contributed by atoms with van der Waals surface area (Å²) >= 11 is 12.2. The summed E-state index contributed by atoms with van der Waals surface area (Å²) in [6.07, 6.45) is 0. The molecule has 0 radical (unpaired) electrons. The molecule has 7 nitrogen and oxygen atoms in total. The van der Waals surface area contributed by atoms with Crippen molar-refractivity contribution >= 4 is 40.8 Å². The topological polar surface area (TPSA) is 105 Å². The Balaban J connectivity index is 1.93. The lowest BCUT2D eigenvalue weighted by Crippen LogP contribution is -2.13. The van der Waals surface area contributed by atoms with E-state index < -0.39 is 11.9 Å². The number of carboxylic acid groups (broad SMARTS) is 1. The molecule has 0 spiro atoms. The maximum Gasteiger partial charge on any atom is 0.335 e. The molecule has 3 aromatic rings. The number of hydrogen-bond acceptors (Lipinski definition) is 5. The Hall–Kier alpha value is -3.26. The third-order valence-corrected chi connectivity index (χ3v) is 5.01. The molecule has 1 amide bonds. The lowest BCUT2D eigenvalue weighted by molar-refractivity contribution is 0.0696. The predicted molar refractivity (Wildman–Crippen MR) is 117 cm³/mol. The molecular formula is C22H17Cl2NO6. The van der Waals surface area contributed by atoms with Gasteiger partial charge in [-0.1, -0.05) is 29.3 Å². The summed E-state index contributed by atoms with van der Waals surface area (Å²) in [6.45, 7) is -0.169. The van der Waals surface area contributed by atoms with Crippen molar-refractivity contribution in [3.05, 3.63) is 81.3 Å². The Bertz CT molecular complexity index is 1130. The summed E-state index contributed by atoms with van der Waals surface area (Å²) in [5, 5.41) is 21.3. The molecule has 0 bridgehead atoms. The van der Waals surface area contributed by atoms with E-state index in [9.17, 15) is 14.7 Å². The van der Waals surface area contributed by atoms with E-state index in [0.29, 0.717) is 22.7 Å². The van der Waals surface area contributed by atoms with Crippen LogP contribution in [0.1, 0.15) is 26.3 Å². The maximum absolute atomic E-state index is 12.9. The molecule has 0 heterocycles. The number of benzene rings is 3. The van der Waals surface area contributed by atoms with Gasteiger partial charge in [-0.3, -0.25) is 4.79 Å². The number of hydrogen-bond donors (Lipinski definition) is 3. The Morgan fingerprint density at radius 3 is 2.23 bits per heavy atom. The maximum atomic E-state index is 12.9. The number of rotatable bonds is 7. The lowest BCUT2D eigenvalue weighted by atomic mass is 10.1. The molecule has 0 aromatic heterocycles. The normalized spacial score (nSPS) is 10.5. The van der Waals surface area contributed by atoms with Crippen LogP contribution in [0.25, 0.3) is 0 Å². The fourth-order valence-electron chi connectivity index (χ4n) is 2.70. The van der Waals surface area contributed by atoms with Gasteiger partial charge in [-0.15, -0.1) is 0 Å². The van der Waals surface area contributed by atoms with Crippen molar-refractivity contribution in [2.75, 3.05) is 12.4 Å². The van der Waals surface area contributed by atoms with Gasteiger partial charge in [-0.05, 0) is 48.0 Å². The number of methoxy groups -OCH3 is 1. The van der Waals surface area contributed by atoms with Crippen LogP contribution in [0.4, 0.5) is 5.69 Å². The van der Waals surface area contributed by atoms with Crippen LogP contribution in [0.15, 0.2) is 54.6 Å². The zero-order valence-electron chi connectivity index (χ0n) is 16.2. The SMILES string of the molecule is COc1cc(CO)ccc1Oc1cc(Cl)c(Cl)cc1C(=O)Nc1ccc(C(=O)O)cc1. The average molecular weight is 462 g/mol. The minimum Gasteiger partial charge on any atom is -0.493 e. The van der Waals surface area contributed by atoms with Gasteiger partial charge < -0.3 is 25.0 Å². The van der Waals surface area contributed by atoms with Crippen molar-refractivity contribution in [3.63, 3.8) is 0 Å². The van der Waals surface area contributed by atoms with Crippen LogP contribution in [0.2, 0.25) is 10.0 Å². The highest BCUT2D eigenvalue weighted by Crippen LogP contribution is 2.37. The smallest absolute Gasteiger partial charge is 0.335 e. The standard InChI is InChI=1S/C22H17Cl2NO6/c1-30-20-8-12(11-26)2-7-18(20)31-19-10-17(24)16(23)9-15(19)21(27)25-14-5-3-13(4-6-14)22(28)29/h2-10,26H,11H2,1H3,(H,25,27)(H,28,29). The number of ether oxygens (including phenoxy) is 2. The summed E-state index contributed by atoms with van der Waals surface area (Å²) in [5.74, 6) is -0.822. The van der Waals surface area contributed by atoms with Crippen LogP contribution in [-0.2, 0) is 6.61 Å². The molecule has 0 aliphatic heterocycles. The fraction of sp³-hybridized carbons (Fsp3) is 0.0909. The molecule has 160 valence electrons. The summed E-state index contributed by atoms with van der Waals surface area (Å²) in [7, 11) is 1.45. The van der Waals surface area contributed by atoms with Gasteiger partial charge in [0.15, 0.2) is 11.5 Å². The molecule has 0 saturated carbocycles. The number of nitrogens with one attached hydrogen (secondary N) is 1. The first-order valence-corrected chi connectivity index (χ1v) is 9.67. The molecule has 3 aromatic carbocycles. The fourth-order valence-corrected chi connectivity index (χ4v) is 3.02. The summed E-state index contributed by atoms with van der Waals surface area (Å²) in [6, 6.07) is 13.3. The van der Waals surface area contributed by atoms with Gasteiger partial charge in [-0.2, -0.15) is 0 Å². The highest BCUT2D eigenvalue weighted by atomic mass is 35.5. The minimum absolute atomic E-state index is 0.0926. The van der Waals surface area contributed by atoms with E-state index in [1.165, 1.54) is 43.5 Å². The lowest BCUT2D eigenvalue weighted by Gasteiger charge is -2.15. The van der Waals surface area contributed by atoms with E-state index in [1.807, 2.05) is 0 Å². The van der Waals surface area contributed by atoms with Gasteiger partial charge in [0.05, 0.1) is 34.9 Å². The Labute approximate surface area is 187 Å². The van der Waals surface area contributed by atoms with E-state index in [1.54, 1.807) is 18.2 Å². The number of aliphatic hydroxyl groups excluding tert-OH is 1. The average Bonchev–Trinajstić information content (AvgIpc) is 2.76. The highest BCUT2D eigenvalue weighted by molar-refractivity contribution is 6.42. The predicted octanol–water partition coefficient (Wildman–Crippen LogP) is 5.24. The van der Waals surface area contributed by atoms with Crippen molar-refractivity contribution in [2.45, 2.75) is 6.61 Å². The van der Waals surface area contributed by atoms with Gasteiger partial charge >= 0.3 is 5.97 Å². The zero-order valence-corrected chi connectivity index (χ0v) is 17.7. The van der Waals surface area contributed by atoms with Gasteiger partial charge in [0.1, 0.15) is 5.75 Å². The van der Waals surface area contributed by atoms with Crippen LogP contribution < -0.4 is 14.8 Å². The van der Waals surface area contributed by atoms with Crippen LogP contribution >= 0.6 is 23.2 Å². The third-order valence-electron chi connectivity index (χ3n) is 4.29. The first-order valence-electron chi connectivity index (χ1n) is 8.91. The quantitative estimate of drug-likeness (QED) is 0.444. The Morgan fingerprint density at radius 2 is 1.61 bits per heavy atom. The summed E-state index contributed by atoms with van der Waals surface area (Å²) < 4.78 is 11.2. The van der Waals surface area contributed by atoms with Crippen LogP contribution in [0.5, 0.6) is 17.2 Å². The van der Waals surface area contributed by atoms with E-state index in [2.05, 4.69) is 5.32 Å². The number of aliphatic hydroxyl groups is 1. The monoisotopic (exact) mass is 461 g/mol. The minimum atomic E-state index is -1.07. The molecule has 31 heavy (non-hydrogen) atoms. The Kier molecular flexibility index (Phi) is 7.02. The summed E-state index contributed by atoms with van der Waals surface area (Å²) in [5.41, 5.74) is 1.21. The largest absolute Gasteiger partial charge is 0.493 e. The molecule has 3 N–H and O–H groups in total. The number of aromatic carboxylic acids is 1. The van der Waals surface area contributed by atoms with E-state index in [0.717, 1.165) is 0 Å². The number of carbonyl (C=O) groups is 2. The zero-order chi connectivity index (χ0) is 22.5. The van der Waals surface area contributed by atoms with E-state index in [4.69, 9.17) is 37.8 Å². The van der Waals surface area contributed by atoms with Gasteiger partial charge in [0.2, 0.25) is 0 Å². The number of carbonyl (C=O) groups excluding carboxylic acids is 1. The van der Waals surface area contributed by atoms with Crippen molar-refractivity contribution < 1.29 is 29.3 Å². The second-order valence-corrected chi connectivity index (χ2v) is 7.16. The molecule has 0 aliphatic rings. The number of amides is 1. The van der Waals surface area contributed by atoms with Gasteiger partial charge in [0, 0.05) is 11.8 Å². The van der Waals surface area contributed by atoms with Crippen LogP contribution in [-0.4, -0.2) is 29.2 Å². The van der Waals surface area contributed by atoms with Crippen molar-refractivity contribution in [2.24, 2.45) is 0 Å². The molecule has 3 rings (SSSR count). The molecule has 0 fully saturated rings. The Morgan fingerprint density at radius 1 is 0.935 bits per heavy atom. The second-order valence-electron chi connectivity index (χ2n) is 6.34.